The number of aromatic nitrogens is 2. The minimum Gasteiger partial charge on any atom is -0.322 e. The van der Waals surface area contributed by atoms with E-state index in [1.807, 2.05) is 0 Å². The van der Waals surface area contributed by atoms with Crippen molar-refractivity contribution in [3.63, 3.8) is 0 Å². The van der Waals surface area contributed by atoms with E-state index >= 15 is 0 Å². The van der Waals surface area contributed by atoms with Crippen LogP contribution in [-0.2, 0) is 7.05 Å². The molecule has 0 spiro atoms. The highest BCUT2D eigenvalue weighted by molar-refractivity contribution is 6.31. The molecule has 1 unspecified atom stereocenters. The van der Waals surface area contributed by atoms with Crippen LogP contribution in [0.1, 0.15) is 37.4 Å². The summed E-state index contributed by atoms with van der Waals surface area (Å²) in [7, 11) is 1.74. The van der Waals surface area contributed by atoms with Crippen LogP contribution in [0.4, 0.5) is 13.2 Å². The van der Waals surface area contributed by atoms with E-state index in [1.165, 1.54) is 6.20 Å². The van der Waals surface area contributed by atoms with Crippen molar-refractivity contribution in [1.82, 2.24) is 9.78 Å². The number of nitrogens with two attached hydrogens (primary N) is 1. The Morgan fingerprint density at radius 3 is 2.37 bits per heavy atom. The summed E-state index contributed by atoms with van der Waals surface area (Å²) in [5.41, 5.74) is 6.85. The van der Waals surface area contributed by atoms with E-state index < -0.39 is 12.1 Å². The van der Waals surface area contributed by atoms with E-state index in [9.17, 15) is 13.2 Å². The molecule has 0 saturated heterocycles. The molecule has 3 nitrogen and oxygen atoms in total. The Morgan fingerprint density at radius 1 is 1.37 bits per heavy atom. The Balaban J connectivity index is 2.02. The Labute approximate surface area is 114 Å². The van der Waals surface area contributed by atoms with Gasteiger partial charge in [-0.1, -0.05) is 11.6 Å². The van der Waals surface area contributed by atoms with E-state index in [0.717, 1.165) is 0 Å². The van der Waals surface area contributed by atoms with Gasteiger partial charge in [-0.25, -0.2) is 0 Å². The van der Waals surface area contributed by atoms with E-state index in [4.69, 9.17) is 17.3 Å². The number of nitrogens with zero attached hydrogens (tertiary/aromatic N) is 2. The van der Waals surface area contributed by atoms with Gasteiger partial charge in [0.15, 0.2) is 0 Å². The van der Waals surface area contributed by atoms with Gasteiger partial charge in [-0.3, -0.25) is 4.68 Å². The minimum atomic E-state index is -4.08. The molecule has 2 N–H and O–H groups in total. The summed E-state index contributed by atoms with van der Waals surface area (Å²) in [5.74, 6) is -1.15. The molecule has 1 fully saturated rings. The van der Waals surface area contributed by atoms with Gasteiger partial charge in [-0.15, -0.1) is 0 Å². The topological polar surface area (TPSA) is 43.8 Å². The average molecular weight is 296 g/mol. The normalized spacial score (nSPS) is 26.4. The standard InChI is InChI=1S/C12H17ClF3N3/c1-19-11(9(13)6-18-19)10(17)7-2-4-8(5-3-7)12(14,15)16/h6-8,10H,2-5,17H2,1H3. The quantitative estimate of drug-likeness (QED) is 0.908. The molecule has 0 aromatic carbocycles. The van der Waals surface area contributed by atoms with Crippen molar-refractivity contribution in [3.8, 4) is 0 Å². The smallest absolute Gasteiger partial charge is 0.322 e. The molecule has 1 heterocycles. The van der Waals surface area contributed by atoms with Crippen LogP contribution in [0.5, 0.6) is 0 Å². The molecule has 1 aliphatic rings. The molecule has 19 heavy (non-hydrogen) atoms. The van der Waals surface area contributed by atoms with E-state index in [-0.39, 0.29) is 24.8 Å². The highest BCUT2D eigenvalue weighted by Gasteiger charge is 2.42. The maximum atomic E-state index is 12.6. The summed E-state index contributed by atoms with van der Waals surface area (Å²) in [4.78, 5) is 0. The fraction of sp³-hybridized carbons (Fsp3) is 0.750. The third-order valence-electron chi connectivity index (χ3n) is 4.00. The van der Waals surface area contributed by atoms with Gasteiger partial charge in [0.1, 0.15) is 0 Å². The zero-order chi connectivity index (χ0) is 14.2. The van der Waals surface area contributed by atoms with E-state index in [0.29, 0.717) is 23.6 Å². The number of rotatable bonds is 2. The maximum Gasteiger partial charge on any atom is 0.391 e. The Morgan fingerprint density at radius 2 is 1.95 bits per heavy atom. The van der Waals surface area contributed by atoms with Gasteiger partial charge in [0.25, 0.3) is 0 Å². The van der Waals surface area contributed by atoms with Crippen molar-refractivity contribution >= 4 is 11.6 Å². The van der Waals surface area contributed by atoms with Gasteiger partial charge in [-0.05, 0) is 31.6 Å². The summed E-state index contributed by atoms with van der Waals surface area (Å²) in [5, 5.41) is 4.49. The first kappa shape index (κ1) is 14.7. The van der Waals surface area contributed by atoms with Gasteiger partial charge in [0.05, 0.1) is 28.9 Å². The number of hydrogen-bond acceptors (Lipinski definition) is 2. The third-order valence-corrected chi connectivity index (χ3v) is 4.29. The Kier molecular flexibility index (Phi) is 4.11. The fourth-order valence-corrected chi connectivity index (χ4v) is 3.12. The van der Waals surface area contributed by atoms with Gasteiger partial charge in [0, 0.05) is 7.05 Å². The lowest BCUT2D eigenvalue weighted by atomic mass is 9.77. The Hall–Kier alpha value is -0.750. The second kappa shape index (κ2) is 5.32. The molecule has 0 bridgehead atoms. The first-order valence-corrected chi connectivity index (χ1v) is 6.68. The SMILES string of the molecule is Cn1ncc(Cl)c1C(N)C1CCC(C(F)(F)F)CC1. The van der Waals surface area contributed by atoms with Crippen LogP contribution in [-0.4, -0.2) is 16.0 Å². The highest BCUT2D eigenvalue weighted by Crippen LogP contribution is 2.43. The van der Waals surface area contributed by atoms with Crippen molar-refractivity contribution in [2.24, 2.45) is 24.6 Å². The number of aryl methyl sites for hydroxylation is 1. The van der Waals surface area contributed by atoms with Gasteiger partial charge >= 0.3 is 6.18 Å². The summed E-state index contributed by atoms with van der Waals surface area (Å²) in [6.45, 7) is 0. The molecule has 2 rings (SSSR count). The first-order chi connectivity index (χ1) is 8.80. The molecular formula is C12H17ClF3N3. The van der Waals surface area contributed by atoms with Gasteiger partial charge in [0.2, 0.25) is 0 Å². The molecule has 0 radical (unpaired) electrons. The fourth-order valence-electron chi connectivity index (χ4n) is 2.82. The average Bonchev–Trinajstić information content (AvgIpc) is 2.67. The second-order valence-corrected chi connectivity index (χ2v) is 5.59. The van der Waals surface area contributed by atoms with Gasteiger partial charge < -0.3 is 5.73 Å². The number of alkyl halides is 3. The molecule has 1 aromatic heterocycles. The molecule has 1 saturated carbocycles. The first-order valence-electron chi connectivity index (χ1n) is 6.30. The lowest BCUT2D eigenvalue weighted by Gasteiger charge is -2.33. The predicted molar refractivity (Wildman–Crippen MR) is 66.6 cm³/mol. The van der Waals surface area contributed by atoms with Crippen LogP contribution in [0.25, 0.3) is 0 Å². The lowest BCUT2D eigenvalue weighted by molar-refractivity contribution is -0.184. The summed E-state index contributed by atoms with van der Waals surface area (Å²) in [6, 6.07) is -0.353. The molecule has 0 amide bonds. The maximum absolute atomic E-state index is 12.6. The van der Waals surface area contributed by atoms with E-state index in [2.05, 4.69) is 5.10 Å². The molecule has 1 aliphatic carbocycles. The van der Waals surface area contributed by atoms with Crippen LogP contribution in [0.3, 0.4) is 0 Å². The van der Waals surface area contributed by atoms with Crippen molar-refractivity contribution in [2.75, 3.05) is 0 Å². The molecule has 1 aromatic rings. The lowest BCUT2D eigenvalue weighted by Crippen LogP contribution is -2.32. The zero-order valence-electron chi connectivity index (χ0n) is 10.6. The van der Waals surface area contributed by atoms with Crippen molar-refractivity contribution in [3.05, 3.63) is 16.9 Å². The monoisotopic (exact) mass is 295 g/mol. The largest absolute Gasteiger partial charge is 0.391 e. The number of halogens is 4. The van der Waals surface area contributed by atoms with Crippen molar-refractivity contribution in [1.29, 1.82) is 0 Å². The predicted octanol–water partition coefficient (Wildman–Crippen LogP) is 3.44. The molecular weight excluding hydrogens is 279 g/mol. The summed E-state index contributed by atoms with van der Waals surface area (Å²) in [6.07, 6.45) is -1.31. The molecule has 1 atom stereocenters. The second-order valence-electron chi connectivity index (χ2n) is 5.18. The minimum absolute atomic E-state index is 0.0338. The summed E-state index contributed by atoms with van der Waals surface area (Å²) < 4.78 is 39.4. The highest BCUT2D eigenvalue weighted by atomic mass is 35.5. The van der Waals surface area contributed by atoms with Crippen LogP contribution in [0.15, 0.2) is 6.20 Å². The molecule has 7 heteroatoms. The molecule has 0 aliphatic heterocycles. The van der Waals surface area contributed by atoms with Crippen LogP contribution in [0.2, 0.25) is 5.02 Å². The molecule has 108 valence electrons. The van der Waals surface area contributed by atoms with Crippen molar-refractivity contribution in [2.45, 2.75) is 37.9 Å². The van der Waals surface area contributed by atoms with Crippen molar-refractivity contribution < 1.29 is 13.2 Å². The van der Waals surface area contributed by atoms with E-state index in [1.54, 1.807) is 11.7 Å². The van der Waals surface area contributed by atoms with Crippen LogP contribution in [0, 0.1) is 11.8 Å². The Bertz CT molecular complexity index is 416. The number of hydrogen-bond donors (Lipinski definition) is 1. The summed E-state index contributed by atoms with van der Waals surface area (Å²) >= 11 is 6.02. The van der Waals surface area contributed by atoms with Crippen LogP contribution >= 0.6 is 11.6 Å². The van der Waals surface area contributed by atoms with Crippen LogP contribution < -0.4 is 5.73 Å². The van der Waals surface area contributed by atoms with Gasteiger partial charge in [-0.2, -0.15) is 18.3 Å². The third kappa shape index (κ3) is 3.05. The zero-order valence-corrected chi connectivity index (χ0v) is 11.4.